The SMILES string of the molecule is COC(c1ccccc1)n1cnc2ccccc21. The minimum absolute atomic E-state index is 0.140. The molecule has 3 rings (SSSR count). The lowest BCUT2D eigenvalue weighted by Gasteiger charge is -2.18. The first-order valence-corrected chi connectivity index (χ1v) is 5.89. The highest BCUT2D eigenvalue weighted by atomic mass is 16.5. The largest absolute Gasteiger partial charge is 0.357 e. The lowest BCUT2D eigenvalue weighted by Crippen LogP contribution is -2.11. The van der Waals surface area contributed by atoms with E-state index in [1.165, 1.54) is 0 Å². The van der Waals surface area contributed by atoms with E-state index in [9.17, 15) is 0 Å². The van der Waals surface area contributed by atoms with Crippen LogP contribution in [0, 0.1) is 0 Å². The van der Waals surface area contributed by atoms with Gasteiger partial charge in [-0.15, -0.1) is 0 Å². The molecule has 0 spiro atoms. The standard InChI is InChI=1S/C15H14N2O/c1-18-15(12-7-3-2-4-8-12)17-11-16-13-9-5-6-10-14(13)17/h2-11,15H,1H3. The van der Waals surface area contributed by atoms with Gasteiger partial charge in [-0.1, -0.05) is 42.5 Å². The number of benzene rings is 2. The van der Waals surface area contributed by atoms with Gasteiger partial charge in [0, 0.05) is 12.7 Å². The topological polar surface area (TPSA) is 27.1 Å². The number of ether oxygens (including phenoxy) is 1. The van der Waals surface area contributed by atoms with Crippen LogP contribution >= 0.6 is 0 Å². The second-order valence-corrected chi connectivity index (χ2v) is 4.14. The van der Waals surface area contributed by atoms with Crippen LogP contribution in [0.3, 0.4) is 0 Å². The number of hydrogen-bond acceptors (Lipinski definition) is 2. The molecular weight excluding hydrogens is 224 g/mol. The summed E-state index contributed by atoms with van der Waals surface area (Å²) >= 11 is 0. The minimum atomic E-state index is -0.140. The van der Waals surface area contributed by atoms with Crippen LogP contribution in [0.5, 0.6) is 0 Å². The highest BCUT2D eigenvalue weighted by Gasteiger charge is 2.14. The van der Waals surface area contributed by atoms with Gasteiger partial charge in [0.2, 0.25) is 0 Å². The molecule has 0 saturated carbocycles. The van der Waals surface area contributed by atoms with Crippen molar-refractivity contribution in [3.05, 3.63) is 66.5 Å². The Hall–Kier alpha value is -2.13. The average molecular weight is 238 g/mol. The molecule has 0 N–H and O–H groups in total. The number of fused-ring (bicyclic) bond motifs is 1. The van der Waals surface area contributed by atoms with E-state index in [2.05, 4.69) is 23.2 Å². The van der Waals surface area contributed by atoms with Gasteiger partial charge in [-0.2, -0.15) is 0 Å². The molecule has 1 aromatic heterocycles. The first kappa shape index (κ1) is 11.0. The summed E-state index contributed by atoms with van der Waals surface area (Å²) in [6, 6.07) is 18.2. The van der Waals surface area contributed by atoms with Gasteiger partial charge in [-0.3, -0.25) is 4.57 Å². The summed E-state index contributed by atoms with van der Waals surface area (Å²) in [4.78, 5) is 4.40. The van der Waals surface area contributed by atoms with Crippen molar-refractivity contribution in [2.24, 2.45) is 0 Å². The summed E-state index contributed by atoms with van der Waals surface area (Å²) in [5, 5.41) is 0. The van der Waals surface area contributed by atoms with E-state index in [1.807, 2.05) is 47.3 Å². The van der Waals surface area contributed by atoms with Crippen molar-refractivity contribution in [2.75, 3.05) is 7.11 Å². The molecule has 18 heavy (non-hydrogen) atoms. The van der Waals surface area contributed by atoms with Crippen LogP contribution in [0.25, 0.3) is 11.0 Å². The van der Waals surface area contributed by atoms with Gasteiger partial charge in [0.05, 0.1) is 17.4 Å². The number of nitrogens with zero attached hydrogens (tertiary/aromatic N) is 2. The molecule has 1 unspecified atom stereocenters. The number of para-hydroxylation sites is 2. The number of imidazole rings is 1. The summed E-state index contributed by atoms with van der Waals surface area (Å²) in [7, 11) is 1.71. The number of rotatable bonds is 3. The quantitative estimate of drug-likeness (QED) is 0.700. The molecule has 0 saturated heterocycles. The fraction of sp³-hybridized carbons (Fsp3) is 0.133. The second kappa shape index (κ2) is 4.63. The fourth-order valence-corrected chi connectivity index (χ4v) is 2.19. The molecule has 0 aliphatic rings. The zero-order valence-electron chi connectivity index (χ0n) is 10.2. The van der Waals surface area contributed by atoms with Crippen molar-refractivity contribution in [2.45, 2.75) is 6.23 Å². The molecule has 2 aromatic carbocycles. The Morgan fingerprint density at radius 2 is 1.72 bits per heavy atom. The molecule has 0 fully saturated rings. The molecule has 3 heteroatoms. The van der Waals surface area contributed by atoms with Crippen molar-refractivity contribution < 1.29 is 4.74 Å². The van der Waals surface area contributed by atoms with Gasteiger partial charge in [-0.25, -0.2) is 4.98 Å². The van der Waals surface area contributed by atoms with Crippen molar-refractivity contribution in [3.63, 3.8) is 0 Å². The highest BCUT2D eigenvalue weighted by molar-refractivity contribution is 5.75. The van der Waals surface area contributed by atoms with E-state index >= 15 is 0 Å². The first-order valence-electron chi connectivity index (χ1n) is 5.89. The third kappa shape index (κ3) is 1.79. The summed E-state index contributed by atoms with van der Waals surface area (Å²) in [5.74, 6) is 0. The van der Waals surface area contributed by atoms with Crippen LogP contribution in [0.2, 0.25) is 0 Å². The van der Waals surface area contributed by atoms with Crippen LogP contribution in [-0.2, 0) is 4.74 Å². The molecule has 3 nitrogen and oxygen atoms in total. The van der Waals surface area contributed by atoms with E-state index in [1.54, 1.807) is 7.11 Å². The molecule has 0 amide bonds. The summed E-state index contributed by atoms with van der Waals surface area (Å²) in [5.41, 5.74) is 3.17. The minimum Gasteiger partial charge on any atom is -0.357 e. The van der Waals surface area contributed by atoms with Crippen LogP contribution in [0.15, 0.2) is 60.9 Å². The first-order chi connectivity index (χ1) is 8.90. The monoisotopic (exact) mass is 238 g/mol. The highest BCUT2D eigenvalue weighted by Crippen LogP contribution is 2.23. The maximum atomic E-state index is 5.61. The molecule has 0 radical (unpaired) electrons. The van der Waals surface area contributed by atoms with Crippen LogP contribution < -0.4 is 0 Å². The Morgan fingerprint density at radius 1 is 1.00 bits per heavy atom. The lowest BCUT2D eigenvalue weighted by atomic mass is 10.2. The summed E-state index contributed by atoms with van der Waals surface area (Å²) in [6.45, 7) is 0. The molecule has 0 aliphatic carbocycles. The van der Waals surface area contributed by atoms with Crippen LogP contribution in [-0.4, -0.2) is 16.7 Å². The molecule has 1 heterocycles. The Bertz CT molecular complexity index is 646. The van der Waals surface area contributed by atoms with Crippen LogP contribution in [0.4, 0.5) is 0 Å². The van der Waals surface area contributed by atoms with Gasteiger partial charge >= 0.3 is 0 Å². The number of methoxy groups -OCH3 is 1. The van der Waals surface area contributed by atoms with E-state index in [4.69, 9.17) is 4.74 Å². The van der Waals surface area contributed by atoms with Gasteiger partial charge < -0.3 is 4.74 Å². The Balaban J connectivity index is 2.12. The fourth-order valence-electron chi connectivity index (χ4n) is 2.19. The molecule has 1 atom stereocenters. The smallest absolute Gasteiger partial charge is 0.161 e. The normalized spacial score (nSPS) is 12.7. The Kier molecular flexibility index (Phi) is 2.82. The number of hydrogen-bond donors (Lipinski definition) is 0. The Labute approximate surface area is 106 Å². The van der Waals surface area contributed by atoms with Gasteiger partial charge in [-0.05, 0) is 12.1 Å². The third-order valence-electron chi connectivity index (χ3n) is 3.04. The third-order valence-corrected chi connectivity index (χ3v) is 3.04. The molecule has 0 bridgehead atoms. The van der Waals surface area contributed by atoms with Crippen molar-refractivity contribution >= 4 is 11.0 Å². The molecule has 90 valence electrons. The van der Waals surface area contributed by atoms with Crippen molar-refractivity contribution in [1.29, 1.82) is 0 Å². The van der Waals surface area contributed by atoms with E-state index in [0.717, 1.165) is 16.6 Å². The molecule has 0 aliphatic heterocycles. The van der Waals surface area contributed by atoms with Crippen LogP contribution in [0.1, 0.15) is 11.8 Å². The van der Waals surface area contributed by atoms with E-state index in [0.29, 0.717) is 0 Å². The predicted molar refractivity (Wildman–Crippen MR) is 71.3 cm³/mol. The maximum absolute atomic E-state index is 5.61. The van der Waals surface area contributed by atoms with E-state index in [-0.39, 0.29) is 6.23 Å². The predicted octanol–water partition coefficient (Wildman–Crippen LogP) is 3.23. The average Bonchev–Trinajstić information content (AvgIpc) is 2.85. The molecule has 3 aromatic rings. The van der Waals surface area contributed by atoms with Gasteiger partial charge in [0.1, 0.15) is 0 Å². The van der Waals surface area contributed by atoms with Gasteiger partial charge in [0.15, 0.2) is 6.23 Å². The molecular formula is C15H14N2O. The summed E-state index contributed by atoms with van der Waals surface area (Å²) in [6.07, 6.45) is 1.69. The van der Waals surface area contributed by atoms with Gasteiger partial charge in [0.25, 0.3) is 0 Å². The maximum Gasteiger partial charge on any atom is 0.161 e. The zero-order chi connectivity index (χ0) is 12.4. The van der Waals surface area contributed by atoms with Crippen molar-refractivity contribution in [3.8, 4) is 0 Å². The summed E-state index contributed by atoms with van der Waals surface area (Å²) < 4.78 is 7.66. The van der Waals surface area contributed by atoms with Crippen molar-refractivity contribution in [1.82, 2.24) is 9.55 Å². The van der Waals surface area contributed by atoms with E-state index < -0.39 is 0 Å². The number of aromatic nitrogens is 2. The zero-order valence-corrected chi connectivity index (χ0v) is 10.2. The Morgan fingerprint density at radius 3 is 2.50 bits per heavy atom. The second-order valence-electron chi connectivity index (χ2n) is 4.14. The lowest BCUT2D eigenvalue weighted by molar-refractivity contribution is 0.0818.